The molecule has 0 heterocycles. The number of nitrogens with zero attached hydrogens (tertiary/aromatic N) is 2. The van der Waals surface area contributed by atoms with Crippen LogP contribution in [-0.2, 0) is 25.0 Å². The maximum atomic E-state index is 13.1. The molecule has 0 radical (unpaired) electrons. The van der Waals surface area contributed by atoms with Crippen molar-refractivity contribution in [1.82, 2.24) is 4.31 Å². The van der Waals surface area contributed by atoms with Crippen LogP contribution in [0.15, 0.2) is 89.8 Å². The number of rotatable bonds is 9. The Morgan fingerprint density at radius 1 is 0.821 bits per heavy atom. The van der Waals surface area contributed by atoms with Crippen LogP contribution in [0.2, 0.25) is 0 Å². The molecule has 0 aliphatic heterocycles. The first-order valence-corrected chi connectivity index (χ1v) is 14.9. The molecule has 9 nitrogen and oxygen atoms in total. The van der Waals surface area contributed by atoms with E-state index >= 15 is 0 Å². The highest BCUT2D eigenvalue weighted by Crippen LogP contribution is 2.27. The molecule has 0 aliphatic rings. The van der Waals surface area contributed by atoms with Crippen LogP contribution in [0.5, 0.6) is 0 Å². The summed E-state index contributed by atoms with van der Waals surface area (Å²) in [6.07, 6.45) is 0. The van der Waals surface area contributed by atoms with E-state index in [0.717, 1.165) is 24.9 Å². The van der Waals surface area contributed by atoms with Crippen molar-refractivity contribution < 1.29 is 21.6 Å². The third kappa shape index (κ3) is 6.22. The highest BCUT2D eigenvalue weighted by atomic mass is 32.2. The van der Waals surface area contributed by atoms with E-state index in [0.29, 0.717) is 22.6 Å². The molecular weight excluding hydrogens is 536 g/mol. The molecule has 1 amide bonds. The van der Waals surface area contributed by atoms with Crippen LogP contribution in [0.4, 0.5) is 17.1 Å². The highest BCUT2D eigenvalue weighted by molar-refractivity contribution is 7.92. The van der Waals surface area contributed by atoms with E-state index in [1.165, 1.54) is 38.4 Å². The Morgan fingerprint density at radius 3 is 2.18 bits per heavy atom. The normalized spacial score (nSPS) is 11.9. The highest BCUT2D eigenvalue weighted by Gasteiger charge is 2.28. The predicted molar refractivity (Wildman–Crippen MR) is 156 cm³/mol. The number of nitrogens with one attached hydrogen (secondary N) is 2. The van der Waals surface area contributed by atoms with Crippen LogP contribution in [0.3, 0.4) is 0 Å². The molecule has 4 rings (SSSR count). The van der Waals surface area contributed by atoms with E-state index in [2.05, 4.69) is 10.0 Å². The first-order chi connectivity index (χ1) is 18.4. The van der Waals surface area contributed by atoms with Gasteiger partial charge in [-0.05, 0) is 66.8 Å². The third-order valence-corrected chi connectivity index (χ3v) is 9.33. The molecule has 2 N–H and O–H groups in total. The second-order valence-corrected chi connectivity index (χ2v) is 13.0. The molecule has 0 fully saturated rings. The lowest BCUT2D eigenvalue weighted by Crippen LogP contribution is -2.44. The topological polar surface area (TPSA) is 116 Å². The summed E-state index contributed by atoms with van der Waals surface area (Å²) in [7, 11) is -5.07. The van der Waals surface area contributed by atoms with Crippen molar-refractivity contribution in [2.75, 3.05) is 35.0 Å². The Labute approximate surface area is 229 Å². The van der Waals surface area contributed by atoms with Gasteiger partial charge in [0.25, 0.3) is 10.0 Å². The Balaban J connectivity index is 1.52. The number of aryl methyl sites for hydroxylation is 2. The van der Waals surface area contributed by atoms with Crippen molar-refractivity contribution in [2.24, 2.45) is 0 Å². The maximum Gasteiger partial charge on any atom is 0.304 e. The molecule has 0 saturated heterocycles. The average Bonchev–Trinajstić information content (AvgIpc) is 2.89. The molecule has 4 aromatic rings. The van der Waals surface area contributed by atoms with Crippen molar-refractivity contribution in [1.29, 1.82) is 0 Å². The standard InChI is InChI=1S/C28H30N4O5S2/c1-20-12-13-21(2)27(18-20)32(39(36,37)31(3)4)19-28(33)29-23-14-16-24(17-15-23)38(34,35)30-26-11-7-9-22-8-5-6-10-25(22)26/h5-18,30H,19H2,1-4H3,(H,29,33). The van der Waals surface area contributed by atoms with Gasteiger partial charge >= 0.3 is 10.2 Å². The zero-order valence-corrected chi connectivity index (χ0v) is 23.7. The van der Waals surface area contributed by atoms with Crippen molar-refractivity contribution in [3.05, 3.63) is 96.1 Å². The number of carbonyl (C=O) groups is 1. The summed E-state index contributed by atoms with van der Waals surface area (Å²) < 4.78 is 56.9. The molecule has 0 atom stereocenters. The number of hydrogen-bond acceptors (Lipinski definition) is 5. The molecule has 39 heavy (non-hydrogen) atoms. The number of benzene rings is 4. The number of anilines is 3. The summed E-state index contributed by atoms with van der Waals surface area (Å²) in [5.74, 6) is -0.578. The smallest absolute Gasteiger partial charge is 0.304 e. The van der Waals surface area contributed by atoms with Crippen molar-refractivity contribution >= 4 is 54.0 Å². The van der Waals surface area contributed by atoms with Gasteiger partial charge in [0.05, 0.1) is 16.3 Å². The summed E-state index contributed by atoms with van der Waals surface area (Å²) in [4.78, 5) is 13.0. The number of amides is 1. The van der Waals surface area contributed by atoms with Gasteiger partial charge in [-0.15, -0.1) is 0 Å². The molecule has 0 spiro atoms. The van der Waals surface area contributed by atoms with E-state index in [1.807, 2.05) is 43.3 Å². The Kier molecular flexibility index (Phi) is 7.96. The van der Waals surface area contributed by atoms with Gasteiger partial charge in [0.15, 0.2) is 0 Å². The van der Waals surface area contributed by atoms with Crippen LogP contribution >= 0.6 is 0 Å². The van der Waals surface area contributed by atoms with Gasteiger partial charge in [-0.3, -0.25) is 9.52 Å². The fourth-order valence-electron chi connectivity index (χ4n) is 4.04. The van der Waals surface area contributed by atoms with Crippen molar-refractivity contribution in [3.63, 3.8) is 0 Å². The molecule has 0 saturated carbocycles. The first kappa shape index (κ1) is 28.1. The van der Waals surface area contributed by atoms with Crippen molar-refractivity contribution in [3.8, 4) is 0 Å². The Bertz CT molecular complexity index is 1730. The fourth-order valence-corrected chi connectivity index (χ4v) is 6.24. The lowest BCUT2D eigenvalue weighted by Gasteiger charge is -2.28. The third-order valence-electron chi connectivity index (χ3n) is 6.14. The summed E-state index contributed by atoms with van der Waals surface area (Å²) in [6.45, 7) is 3.15. The van der Waals surface area contributed by atoms with E-state index in [-0.39, 0.29) is 4.90 Å². The molecule has 0 aliphatic carbocycles. The Hall–Kier alpha value is -3.93. The molecule has 0 unspecified atom stereocenters. The quantitative estimate of drug-likeness (QED) is 0.309. The second kappa shape index (κ2) is 11.0. The van der Waals surface area contributed by atoms with Gasteiger partial charge in [0.2, 0.25) is 5.91 Å². The summed E-state index contributed by atoms with van der Waals surface area (Å²) in [5, 5.41) is 4.34. The average molecular weight is 567 g/mol. The number of carbonyl (C=O) groups excluding carboxylic acids is 1. The van der Waals surface area contributed by atoms with Gasteiger partial charge < -0.3 is 5.32 Å². The summed E-state index contributed by atoms with van der Waals surface area (Å²) >= 11 is 0. The predicted octanol–water partition coefficient (Wildman–Crippen LogP) is 4.51. The minimum Gasteiger partial charge on any atom is -0.325 e. The molecular formula is C28H30N4O5S2. The van der Waals surface area contributed by atoms with Gasteiger partial charge in [-0.2, -0.15) is 12.7 Å². The second-order valence-electron chi connectivity index (χ2n) is 9.29. The zero-order valence-electron chi connectivity index (χ0n) is 22.0. The van der Waals surface area contributed by atoms with E-state index < -0.39 is 32.7 Å². The van der Waals surface area contributed by atoms with Gasteiger partial charge in [-0.1, -0.05) is 48.5 Å². The zero-order chi connectivity index (χ0) is 28.4. The van der Waals surface area contributed by atoms with Crippen molar-refractivity contribution in [2.45, 2.75) is 18.7 Å². The first-order valence-electron chi connectivity index (χ1n) is 12.1. The number of hydrogen-bond donors (Lipinski definition) is 2. The largest absolute Gasteiger partial charge is 0.325 e. The minimum atomic E-state index is -3.97. The van der Waals surface area contributed by atoms with Crippen LogP contribution in [0, 0.1) is 13.8 Å². The van der Waals surface area contributed by atoms with Gasteiger partial charge in [0.1, 0.15) is 6.54 Å². The molecule has 0 aromatic heterocycles. The van der Waals surface area contributed by atoms with E-state index in [9.17, 15) is 21.6 Å². The fraction of sp³-hybridized carbons (Fsp3) is 0.179. The van der Waals surface area contributed by atoms with Crippen LogP contribution in [-0.4, -0.2) is 47.7 Å². The minimum absolute atomic E-state index is 0.0145. The summed E-state index contributed by atoms with van der Waals surface area (Å²) in [6, 6.07) is 23.9. The maximum absolute atomic E-state index is 13.1. The molecule has 11 heteroatoms. The van der Waals surface area contributed by atoms with Crippen LogP contribution in [0.1, 0.15) is 11.1 Å². The van der Waals surface area contributed by atoms with E-state index in [4.69, 9.17) is 0 Å². The SMILES string of the molecule is Cc1ccc(C)c(N(CC(=O)Nc2ccc(S(=O)(=O)Nc3cccc4ccccc34)cc2)S(=O)(=O)N(C)C)c1. The monoisotopic (exact) mass is 566 g/mol. The molecule has 0 bridgehead atoms. The molecule has 4 aromatic carbocycles. The summed E-state index contributed by atoms with van der Waals surface area (Å²) in [5.41, 5.74) is 2.74. The molecule has 204 valence electrons. The van der Waals surface area contributed by atoms with Gasteiger partial charge in [-0.25, -0.2) is 12.7 Å². The van der Waals surface area contributed by atoms with Gasteiger partial charge in [0, 0.05) is 25.2 Å². The lowest BCUT2D eigenvalue weighted by molar-refractivity contribution is -0.114. The lowest BCUT2D eigenvalue weighted by atomic mass is 10.1. The number of sulfonamides is 1. The Morgan fingerprint density at radius 2 is 1.49 bits per heavy atom. The van der Waals surface area contributed by atoms with E-state index in [1.54, 1.807) is 31.2 Å². The van der Waals surface area contributed by atoms with Crippen LogP contribution < -0.4 is 14.3 Å². The number of fused-ring (bicyclic) bond motifs is 1. The van der Waals surface area contributed by atoms with Crippen LogP contribution in [0.25, 0.3) is 10.8 Å².